The van der Waals surface area contributed by atoms with Gasteiger partial charge in [0, 0.05) is 20.6 Å². The highest BCUT2D eigenvalue weighted by Gasteiger charge is 2.15. The molecule has 120 valence electrons. The van der Waals surface area contributed by atoms with Gasteiger partial charge in [0.15, 0.2) is 11.2 Å². The van der Waals surface area contributed by atoms with Crippen LogP contribution < -0.4 is 11.2 Å². The number of aromatic nitrogens is 4. The summed E-state index contributed by atoms with van der Waals surface area (Å²) in [6.45, 7) is 3.67. The van der Waals surface area contributed by atoms with E-state index in [-0.39, 0.29) is 11.2 Å². The van der Waals surface area contributed by atoms with Gasteiger partial charge in [-0.25, -0.2) is 9.78 Å². The van der Waals surface area contributed by atoms with Gasteiger partial charge in [0.2, 0.25) is 0 Å². The zero-order valence-corrected chi connectivity index (χ0v) is 13.3. The fraction of sp³-hybridized carbons (Fsp3) is 0.667. The predicted molar refractivity (Wildman–Crippen MR) is 85.1 cm³/mol. The maximum absolute atomic E-state index is 12.5. The smallest absolute Gasteiger partial charge is 0.328 e. The van der Waals surface area contributed by atoms with Crippen LogP contribution in [-0.2, 0) is 20.6 Å². The van der Waals surface area contributed by atoms with Crippen molar-refractivity contribution in [1.29, 1.82) is 0 Å². The highest BCUT2D eigenvalue weighted by molar-refractivity contribution is 5.69. The summed E-state index contributed by atoms with van der Waals surface area (Å²) in [6, 6.07) is 0. The lowest BCUT2D eigenvalue weighted by atomic mass is 10.1. The lowest BCUT2D eigenvalue weighted by Crippen LogP contribution is -2.40. The van der Waals surface area contributed by atoms with E-state index >= 15 is 0 Å². The first-order valence-corrected chi connectivity index (χ1v) is 7.93. The maximum atomic E-state index is 12.5. The molecular weight excluding hydrogens is 282 g/mol. The maximum Gasteiger partial charge on any atom is 0.332 e. The van der Waals surface area contributed by atoms with Crippen LogP contribution in [0.2, 0.25) is 0 Å². The summed E-state index contributed by atoms with van der Waals surface area (Å²) in [5.41, 5.74) is 0.413. The molecule has 0 aliphatic carbocycles. The summed E-state index contributed by atoms with van der Waals surface area (Å²) in [6.07, 6.45) is 6.21. The summed E-state index contributed by atoms with van der Waals surface area (Å²) in [5, 5.41) is 0. The fourth-order valence-corrected chi connectivity index (χ4v) is 3.23. The highest BCUT2D eigenvalue weighted by Crippen LogP contribution is 2.09. The van der Waals surface area contributed by atoms with Crippen LogP contribution in [0.5, 0.6) is 0 Å². The zero-order chi connectivity index (χ0) is 15.7. The van der Waals surface area contributed by atoms with Crippen molar-refractivity contribution in [2.45, 2.75) is 32.2 Å². The van der Waals surface area contributed by atoms with E-state index < -0.39 is 0 Å². The van der Waals surface area contributed by atoms with Crippen molar-refractivity contribution in [3.63, 3.8) is 0 Å². The Bertz CT molecular complexity index is 780. The third-order valence-electron chi connectivity index (χ3n) is 4.51. The molecule has 1 aliphatic heterocycles. The molecular formula is C15H23N5O2. The Morgan fingerprint density at radius 3 is 2.55 bits per heavy atom. The molecule has 0 atom stereocenters. The Morgan fingerprint density at radius 1 is 1.09 bits per heavy atom. The Kier molecular flexibility index (Phi) is 4.15. The third-order valence-corrected chi connectivity index (χ3v) is 4.51. The Hall–Kier alpha value is -1.89. The van der Waals surface area contributed by atoms with E-state index in [2.05, 4.69) is 9.88 Å². The predicted octanol–water partition coefficient (Wildman–Crippen LogP) is 0.310. The molecule has 22 heavy (non-hydrogen) atoms. The number of fused-ring (bicyclic) bond motifs is 1. The van der Waals surface area contributed by atoms with Gasteiger partial charge in [0.25, 0.3) is 5.56 Å². The van der Waals surface area contributed by atoms with E-state index in [4.69, 9.17) is 0 Å². The second-order valence-electron chi connectivity index (χ2n) is 6.08. The van der Waals surface area contributed by atoms with Gasteiger partial charge in [-0.2, -0.15) is 0 Å². The van der Waals surface area contributed by atoms with Crippen molar-refractivity contribution in [1.82, 2.24) is 23.6 Å². The van der Waals surface area contributed by atoms with Crippen LogP contribution in [0.15, 0.2) is 15.9 Å². The zero-order valence-electron chi connectivity index (χ0n) is 13.3. The molecule has 7 heteroatoms. The molecule has 1 aliphatic rings. The van der Waals surface area contributed by atoms with E-state index in [9.17, 15) is 9.59 Å². The molecule has 3 rings (SSSR count). The summed E-state index contributed by atoms with van der Waals surface area (Å²) in [5.74, 6) is 0. The third kappa shape index (κ3) is 2.61. The minimum absolute atomic E-state index is 0.239. The molecule has 3 heterocycles. The molecule has 1 fully saturated rings. The average molecular weight is 305 g/mol. The number of piperidine rings is 1. The Balaban J connectivity index is 1.82. The van der Waals surface area contributed by atoms with Gasteiger partial charge in [-0.1, -0.05) is 6.42 Å². The molecule has 7 nitrogen and oxygen atoms in total. The number of imidazole rings is 1. The summed E-state index contributed by atoms with van der Waals surface area (Å²) in [7, 11) is 3.44. The molecule has 2 aromatic heterocycles. The number of rotatable bonds is 4. The number of hydrogen-bond acceptors (Lipinski definition) is 4. The van der Waals surface area contributed by atoms with Crippen LogP contribution in [-0.4, -0.2) is 43.2 Å². The van der Waals surface area contributed by atoms with Gasteiger partial charge < -0.3 is 9.47 Å². The molecule has 2 aromatic rings. The van der Waals surface area contributed by atoms with Gasteiger partial charge in [0.1, 0.15) is 0 Å². The molecule has 0 saturated carbocycles. The van der Waals surface area contributed by atoms with Crippen LogP contribution >= 0.6 is 0 Å². The van der Waals surface area contributed by atoms with Crippen molar-refractivity contribution in [3.05, 3.63) is 27.2 Å². The topological polar surface area (TPSA) is 65.1 Å². The molecule has 0 amide bonds. The second-order valence-corrected chi connectivity index (χ2v) is 6.08. The van der Waals surface area contributed by atoms with Crippen molar-refractivity contribution in [2.75, 3.05) is 19.6 Å². The molecule has 0 unspecified atom stereocenters. The van der Waals surface area contributed by atoms with Crippen molar-refractivity contribution in [2.24, 2.45) is 14.1 Å². The van der Waals surface area contributed by atoms with E-state index in [1.165, 1.54) is 28.4 Å². The van der Waals surface area contributed by atoms with Crippen LogP contribution in [0.1, 0.15) is 25.7 Å². The van der Waals surface area contributed by atoms with E-state index in [0.29, 0.717) is 17.7 Å². The lowest BCUT2D eigenvalue weighted by molar-refractivity contribution is 0.222. The van der Waals surface area contributed by atoms with E-state index in [1.54, 1.807) is 25.0 Å². The SMILES string of the molecule is Cn1cnc2c1c(=O)n(CCCN1CCCCC1)c(=O)n2C. The monoisotopic (exact) mass is 305 g/mol. The van der Waals surface area contributed by atoms with Crippen LogP contribution in [0.25, 0.3) is 11.2 Å². The number of nitrogens with zero attached hydrogens (tertiary/aromatic N) is 5. The van der Waals surface area contributed by atoms with Crippen molar-refractivity contribution in [3.8, 4) is 0 Å². The summed E-state index contributed by atoms with van der Waals surface area (Å²) >= 11 is 0. The quantitative estimate of drug-likeness (QED) is 0.815. The summed E-state index contributed by atoms with van der Waals surface area (Å²) < 4.78 is 4.48. The Morgan fingerprint density at radius 2 is 1.82 bits per heavy atom. The van der Waals surface area contributed by atoms with Crippen LogP contribution in [0.3, 0.4) is 0 Å². The molecule has 0 spiro atoms. The van der Waals surface area contributed by atoms with Crippen LogP contribution in [0.4, 0.5) is 0 Å². The molecule has 0 N–H and O–H groups in total. The number of aryl methyl sites for hydroxylation is 2. The first kappa shape index (κ1) is 15.0. The highest BCUT2D eigenvalue weighted by atomic mass is 16.2. The molecule has 0 bridgehead atoms. The summed E-state index contributed by atoms with van der Waals surface area (Å²) in [4.78, 5) is 31.5. The van der Waals surface area contributed by atoms with Crippen molar-refractivity contribution >= 4 is 11.2 Å². The lowest BCUT2D eigenvalue weighted by Gasteiger charge is -2.26. The standard InChI is InChI=1S/C15H23N5O2/c1-17-11-16-13-12(17)14(21)20(15(22)18(13)2)10-6-9-19-7-4-3-5-8-19/h11H,3-10H2,1-2H3. The largest absolute Gasteiger partial charge is 0.332 e. The van der Waals surface area contributed by atoms with Gasteiger partial charge in [-0.3, -0.25) is 13.9 Å². The normalized spacial score (nSPS) is 16.5. The average Bonchev–Trinajstić information content (AvgIpc) is 2.91. The van der Waals surface area contributed by atoms with Crippen molar-refractivity contribution < 1.29 is 0 Å². The second kappa shape index (κ2) is 6.08. The minimum atomic E-state index is -0.283. The Labute approximate surface area is 128 Å². The molecule has 1 saturated heterocycles. The molecule has 0 radical (unpaired) electrons. The van der Waals surface area contributed by atoms with Gasteiger partial charge >= 0.3 is 5.69 Å². The number of hydrogen-bond donors (Lipinski definition) is 0. The molecule has 0 aromatic carbocycles. The minimum Gasteiger partial charge on any atom is -0.328 e. The first-order chi connectivity index (χ1) is 10.6. The first-order valence-electron chi connectivity index (χ1n) is 7.93. The van der Waals surface area contributed by atoms with Gasteiger partial charge in [-0.15, -0.1) is 0 Å². The fourth-order valence-electron chi connectivity index (χ4n) is 3.23. The van der Waals surface area contributed by atoms with Gasteiger partial charge in [-0.05, 0) is 38.9 Å². The van der Waals surface area contributed by atoms with E-state index in [1.807, 2.05) is 0 Å². The number of likely N-dealkylation sites (tertiary alicyclic amines) is 1. The van der Waals surface area contributed by atoms with E-state index in [0.717, 1.165) is 26.1 Å². The van der Waals surface area contributed by atoms with Crippen LogP contribution in [0, 0.1) is 0 Å². The van der Waals surface area contributed by atoms with Gasteiger partial charge in [0.05, 0.1) is 6.33 Å².